The summed E-state index contributed by atoms with van der Waals surface area (Å²) in [7, 11) is 3.14. The predicted octanol–water partition coefficient (Wildman–Crippen LogP) is 5.47. The van der Waals surface area contributed by atoms with Crippen molar-refractivity contribution in [2.75, 3.05) is 19.5 Å². The Hall–Kier alpha value is -3.85. The van der Waals surface area contributed by atoms with Gasteiger partial charge >= 0.3 is 0 Å². The number of halogens is 1. The number of carbonyl (C=O) groups excluding carboxylic acids is 1. The Morgan fingerprint density at radius 2 is 1.70 bits per heavy atom. The van der Waals surface area contributed by atoms with E-state index in [0.717, 1.165) is 5.39 Å². The van der Waals surface area contributed by atoms with Crippen molar-refractivity contribution in [1.29, 1.82) is 0 Å². The first-order chi connectivity index (χ1) is 15.9. The van der Waals surface area contributed by atoms with Crippen LogP contribution in [0.4, 0.5) is 5.69 Å². The smallest absolute Gasteiger partial charge is 0.261 e. The Bertz CT molecular complexity index is 1340. The lowest BCUT2D eigenvalue weighted by Gasteiger charge is -2.13. The minimum Gasteiger partial charge on any atom is -0.506 e. The molecule has 0 fully saturated rings. The lowest BCUT2D eigenvalue weighted by atomic mass is 10.2. The molecule has 0 spiro atoms. The molecule has 0 radical (unpaired) electrons. The molecule has 168 valence electrons. The van der Waals surface area contributed by atoms with Crippen molar-refractivity contribution in [3.8, 4) is 28.7 Å². The molecule has 2 aromatic carbocycles. The summed E-state index contributed by atoms with van der Waals surface area (Å²) in [6, 6.07) is 12.2. The van der Waals surface area contributed by atoms with Crippen LogP contribution in [0.15, 0.2) is 59.3 Å². The molecule has 9 heteroatoms. The lowest BCUT2D eigenvalue weighted by molar-refractivity contribution is 0.102. The van der Waals surface area contributed by atoms with Crippen LogP contribution >= 0.6 is 15.9 Å². The highest BCUT2D eigenvalue weighted by Gasteiger charge is 2.16. The summed E-state index contributed by atoms with van der Waals surface area (Å²) in [4.78, 5) is 21.0. The number of rotatable bonds is 6. The normalized spacial score (nSPS) is 10.7. The van der Waals surface area contributed by atoms with Gasteiger partial charge < -0.3 is 24.6 Å². The third kappa shape index (κ3) is 4.54. The number of amides is 1. The zero-order valence-corrected chi connectivity index (χ0v) is 19.6. The fraction of sp³-hybridized carbons (Fsp3) is 0.125. The van der Waals surface area contributed by atoms with Gasteiger partial charge in [-0.2, -0.15) is 0 Å². The van der Waals surface area contributed by atoms with E-state index in [1.807, 2.05) is 6.07 Å². The van der Waals surface area contributed by atoms with Crippen LogP contribution in [0.5, 0.6) is 28.7 Å². The maximum absolute atomic E-state index is 12.5. The molecule has 4 aromatic rings. The number of ether oxygens (including phenoxy) is 3. The maximum atomic E-state index is 12.5. The van der Waals surface area contributed by atoms with Crippen molar-refractivity contribution in [2.45, 2.75) is 6.92 Å². The number of nitrogens with zero attached hydrogens (tertiary/aromatic N) is 2. The second-order valence-electron chi connectivity index (χ2n) is 7.03. The molecule has 0 aliphatic heterocycles. The molecule has 0 aliphatic rings. The monoisotopic (exact) mass is 509 g/mol. The van der Waals surface area contributed by atoms with Crippen molar-refractivity contribution in [3.63, 3.8) is 0 Å². The van der Waals surface area contributed by atoms with Gasteiger partial charge in [-0.05, 0) is 59.3 Å². The molecule has 0 aliphatic carbocycles. The van der Waals surface area contributed by atoms with E-state index in [4.69, 9.17) is 14.2 Å². The maximum Gasteiger partial charge on any atom is 0.261 e. The van der Waals surface area contributed by atoms with Gasteiger partial charge in [-0.25, -0.2) is 0 Å². The molecule has 4 rings (SSSR count). The topological polar surface area (TPSA) is 103 Å². The van der Waals surface area contributed by atoms with Crippen LogP contribution in [0.1, 0.15) is 16.1 Å². The van der Waals surface area contributed by atoms with Gasteiger partial charge in [-0.15, -0.1) is 0 Å². The molecular formula is C24H20BrN3O5. The number of aromatic nitrogens is 2. The Morgan fingerprint density at radius 3 is 2.39 bits per heavy atom. The molecule has 0 unspecified atom stereocenters. The lowest BCUT2D eigenvalue weighted by Crippen LogP contribution is -2.13. The van der Waals surface area contributed by atoms with Gasteiger partial charge in [0.2, 0.25) is 0 Å². The number of anilines is 1. The Morgan fingerprint density at radius 1 is 1.00 bits per heavy atom. The summed E-state index contributed by atoms with van der Waals surface area (Å²) in [6.45, 7) is 1.72. The number of benzene rings is 2. The third-order valence-corrected chi connectivity index (χ3v) is 5.91. The molecule has 2 aromatic heterocycles. The number of pyridine rings is 2. The largest absolute Gasteiger partial charge is 0.506 e. The van der Waals surface area contributed by atoms with E-state index in [1.54, 1.807) is 63.7 Å². The summed E-state index contributed by atoms with van der Waals surface area (Å²) >= 11 is 3.23. The highest BCUT2D eigenvalue weighted by Crippen LogP contribution is 2.37. The van der Waals surface area contributed by atoms with Gasteiger partial charge in [0, 0.05) is 29.5 Å². The number of nitrogens with one attached hydrogen (secondary N) is 1. The van der Waals surface area contributed by atoms with E-state index in [2.05, 4.69) is 31.2 Å². The molecule has 2 heterocycles. The molecule has 33 heavy (non-hydrogen) atoms. The second kappa shape index (κ2) is 9.33. The van der Waals surface area contributed by atoms with E-state index >= 15 is 0 Å². The van der Waals surface area contributed by atoms with E-state index in [0.29, 0.717) is 44.4 Å². The number of fused-ring (bicyclic) bond motifs is 1. The Balaban J connectivity index is 1.54. The van der Waals surface area contributed by atoms with Gasteiger partial charge in [-0.3, -0.25) is 14.8 Å². The number of hydrogen-bond acceptors (Lipinski definition) is 7. The molecule has 8 nitrogen and oxygen atoms in total. The van der Waals surface area contributed by atoms with E-state index in [9.17, 15) is 9.90 Å². The number of hydrogen-bond donors (Lipinski definition) is 2. The van der Waals surface area contributed by atoms with Crippen LogP contribution in [0, 0.1) is 6.92 Å². The minimum absolute atomic E-state index is 0.0698. The van der Waals surface area contributed by atoms with Crippen molar-refractivity contribution < 1.29 is 24.1 Å². The zero-order valence-electron chi connectivity index (χ0n) is 18.0. The summed E-state index contributed by atoms with van der Waals surface area (Å²) in [5.74, 6) is 1.68. The van der Waals surface area contributed by atoms with Gasteiger partial charge in [0.05, 0.1) is 29.9 Å². The zero-order chi connectivity index (χ0) is 23.5. The van der Waals surface area contributed by atoms with Crippen LogP contribution in [0.3, 0.4) is 0 Å². The number of aryl methyl sites for hydroxylation is 1. The molecular weight excluding hydrogens is 490 g/mol. The van der Waals surface area contributed by atoms with Crippen molar-refractivity contribution in [2.24, 2.45) is 0 Å². The van der Waals surface area contributed by atoms with Gasteiger partial charge in [0.15, 0.2) is 11.5 Å². The second-order valence-corrected chi connectivity index (χ2v) is 7.83. The van der Waals surface area contributed by atoms with E-state index in [1.165, 1.54) is 6.20 Å². The summed E-state index contributed by atoms with van der Waals surface area (Å²) in [5.41, 5.74) is 1.90. The molecule has 1 amide bonds. The average molecular weight is 510 g/mol. The summed E-state index contributed by atoms with van der Waals surface area (Å²) in [5, 5.41) is 13.7. The first-order valence-corrected chi connectivity index (χ1v) is 10.6. The Labute approximate surface area is 198 Å². The quantitative estimate of drug-likeness (QED) is 0.355. The number of methoxy groups -OCH3 is 2. The van der Waals surface area contributed by atoms with E-state index in [-0.39, 0.29) is 11.3 Å². The van der Waals surface area contributed by atoms with Crippen LogP contribution in [0.2, 0.25) is 0 Å². The average Bonchev–Trinajstić information content (AvgIpc) is 2.83. The van der Waals surface area contributed by atoms with Gasteiger partial charge in [-0.1, -0.05) is 0 Å². The van der Waals surface area contributed by atoms with Crippen LogP contribution < -0.4 is 19.5 Å². The first-order valence-electron chi connectivity index (χ1n) is 9.85. The minimum atomic E-state index is -0.476. The highest BCUT2D eigenvalue weighted by atomic mass is 79.9. The molecule has 0 atom stereocenters. The SMILES string of the molecule is COc1cc2nccc(Oc3ccc(NC(=O)c4cnc(C)c(Br)c4O)cc3)c2cc1OC. The number of carbonyl (C=O) groups is 1. The first kappa shape index (κ1) is 22.3. The van der Waals surface area contributed by atoms with Gasteiger partial charge in [0.1, 0.15) is 22.8 Å². The standard InChI is InChI=1S/C24H20BrN3O5/c1-13-22(25)23(29)17(12-27-13)24(30)28-14-4-6-15(7-5-14)33-19-8-9-26-18-11-21(32-3)20(31-2)10-16(18)19/h4-12H,1-3H3,(H,27,29)(H,28,30). The van der Waals surface area contributed by atoms with E-state index < -0.39 is 5.91 Å². The highest BCUT2D eigenvalue weighted by molar-refractivity contribution is 9.10. The predicted molar refractivity (Wildman–Crippen MR) is 128 cm³/mol. The molecule has 0 bridgehead atoms. The van der Waals surface area contributed by atoms with Crippen molar-refractivity contribution in [3.05, 3.63) is 70.6 Å². The fourth-order valence-electron chi connectivity index (χ4n) is 3.20. The summed E-state index contributed by atoms with van der Waals surface area (Å²) in [6.07, 6.45) is 2.98. The van der Waals surface area contributed by atoms with Crippen molar-refractivity contribution in [1.82, 2.24) is 9.97 Å². The Kier molecular flexibility index (Phi) is 6.32. The van der Waals surface area contributed by atoms with Crippen LogP contribution in [-0.2, 0) is 0 Å². The van der Waals surface area contributed by atoms with Crippen LogP contribution in [-0.4, -0.2) is 35.2 Å². The third-order valence-electron chi connectivity index (χ3n) is 4.96. The molecule has 2 N–H and O–H groups in total. The fourth-order valence-corrected chi connectivity index (χ4v) is 3.52. The van der Waals surface area contributed by atoms with Crippen LogP contribution in [0.25, 0.3) is 10.9 Å². The number of aromatic hydroxyl groups is 1. The van der Waals surface area contributed by atoms with Crippen molar-refractivity contribution >= 4 is 38.4 Å². The van der Waals surface area contributed by atoms with Gasteiger partial charge in [0.25, 0.3) is 5.91 Å². The summed E-state index contributed by atoms with van der Waals surface area (Å²) < 4.78 is 17.2. The molecule has 0 saturated heterocycles. The molecule has 0 saturated carbocycles.